The van der Waals surface area contributed by atoms with Crippen molar-refractivity contribution in [2.45, 2.75) is 43.9 Å². The number of carbonyl (C=O) groups is 2. The van der Waals surface area contributed by atoms with Gasteiger partial charge in [-0.15, -0.1) is 0 Å². The van der Waals surface area contributed by atoms with Gasteiger partial charge < -0.3 is 16.2 Å². The molecule has 0 atom stereocenters. The number of carbonyl (C=O) groups excluding carboxylic acids is 1. The van der Waals surface area contributed by atoms with Crippen LogP contribution in [-0.4, -0.2) is 23.5 Å². The molecule has 0 radical (unpaired) electrons. The molecule has 1 aliphatic rings. The number of carboxylic acid groups (broad SMARTS) is 1. The Morgan fingerprint density at radius 2 is 1.81 bits per heavy atom. The Kier molecular flexibility index (Phi) is 4.83. The molecule has 0 bridgehead atoms. The zero-order chi connectivity index (χ0) is 15.3. The lowest BCUT2D eigenvalue weighted by atomic mass is 9.94. The van der Waals surface area contributed by atoms with Crippen LogP contribution in [0.3, 0.4) is 0 Å². The summed E-state index contributed by atoms with van der Waals surface area (Å²) >= 11 is 0. The monoisotopic (exact) mass is 290 g/mol. The Balaban J connectivity index is 1.75. The average molecular weight is 290 g/mol. The fourth-order valence-corrected chi connectivity index (χ4v) is 2.52. The second kappa shape index (κ2) is 6.61. The number of rotatable bonds is 8. The van der Waals surface area contributed by atoms with E-state index in [1.54, 1.807) is 0 Å². The molecule has 0 unspecified atom stereocenters. The standard InChI is InChI=1S/C16H22N2O3/c17-13-7-5-12(6-8-13)16(9-10-16)15(21)18-11-3-1-2-4-14(19)20/h5-8H,1-4,9-11,17H2,(H,18,21)(H,19,20). The molecule has 4 N–H and O–H groups in total. The summed E-state index contributed by atoms with van der Waals surface area (Å²) in [6.07, 6.45) is 4.25. The van der Waals surface area contributed by atoms with Gasteiger partial charge >= 0.3 is 5.97 Å². The number of nitrogen functional groups attached to an aromatic ring is 1. The number of nitrogens with one attached hydrogen (secondary N) is 1. The summed E-state index contributed by atoms with van der Waals surface area (Å²) in [5, 5.41) is 11.5. The van der Waals surface area contributed by atoms with Crippen LogP contribution in [0.4, 0.5) is 5.69 Å². The first-order valence-electron chi connectivity index (χ1n) is 7.41. The average Bonchev–Trinajstić information content (AvgIpc) is 3.24. The molecule has 1 aliphatic carbocycles. The summed E-state index contributed by atoms with van der Waals surface area (Å²) in [6.45, 7) is 0.606. The number of amides is 1. The van der Waals surface area contributed by atoms with E-state index in [1.165, 1.54) is 0 Å². The van der Waals surface area contributed by atoms with Crippen molar-refractivity contribution in [2.24, 2.45) is 0 Å². The quantitative estimate of drug-likeness (QED) is 0.505. The lowest BCUT2D eigenvalue weighted by Crippen LogP contribution is -2.35. The van der Waals surface area contributed by atoms with E-state index in [1.807, 2.05) is 24.3 Å². The summed E-state index contributed by atoms with van der Waals surface area (Å²) in [4.78, 5) is 22.7. The van der Waals surface area contributed by atoms with Gasteiger partial charge in [-0.2, -0.15) is 0 Å². The maximum atomic E-state index is 12.3. The van der Waals surface area contributed by atoms with Crippen molar-refractivity contribution in [3.63, 3.8) is 0 Å². The minimum absolute atomic E-state index is 0.0745. The Hall–Kier alpha value is -2.04. The zero-order valence-corrected chi connectivity index (χ0v) is 12.1. The summed E-state index contributed by atoms with van der Waals surface area (Å²) in [7, 11) is 0. The van der Waals surface area contributed by atoms with Crippen LogP contribution in [0, 0.1) is 0 Å². The third-order valence-electron chi connectivity index (χ3n) is 4.00. The lowest BCUT2D eigenvalue weighted by molar-refractivity contribution is -0.137. The van der Waals surface area contributed by atoms with Gasteiger partial charge in [0.1, 0.15) is 0 Å². The van der Waals surface area contributed by atoms with E-state index in [-0.39, 0.29) is 17.7 Å². The summed E-state index contributed by atoms with van der Waals surface area (Å²) in [5.74, 6) is -0.690. The Morgan fingerprint density at radius 3 is 2.38 bits per heavy atom. The molecule has 1 aromatic carbocycles. The molecule has 0 heterocycles. The van der Waals surface area contributed by atoms with Crippen molar-refractivity contribution in [3.05, 3.63) is 29.8 Å². The van der Waals surface area contributed by atoms with E-state index >= 15 is 0 Å². The van der Waals surface area contributed by atoms with Gasteiger partial charge in [0.25, 0.3) is 0 Å². The fourth-order valence-electron chi connectivity index (χ4n) is 2.52. The predicted molar refractivity (Wildman–Crippen MR) is 80.9 cm³/mol. The summed E-state index contributed by atoms with van der Waals surface area (Å²) in [5.41, 5.74) is 7.04. The van der Waals surface area contributed by atoms with Crippen LogP contribution >= 0.6 is 0 Å². The molecule has 1 fully saturated rings. The van der Waals surface area contributed by atoms with Gasteiger partial charge in [0.15, 0.2) is 0 Å². The van der Waals surface area contributed by atoms with E-state index < -0.39 is 5.97 Å². The highest BCUT2D eigenvalue weighted by Crippen LogP contribution is 2.48. The topological polar surface area (TPSA) is 92.4 Å². The highest BCUT2D eigenvalue weighted by Gasteiger charge is 2.50. The van der Waals surface area contributed by atoms with Gasteiger partial charge in [-0.3, -0.25) is 9.59 Å². The number of hydrogen-bond acceptors (Lipinski definition) is 3. The molecule has 5 nitrogen and oxygen atoms in total. The molecule has 1 amide bonds. The van der Waals surface area contributed by atoms with Crippen LogP contribution in [0.2, 0.25) is 0 Å². The highest BCUT2D eigenvalue weighted by atomic mass is 16.4. The Bertz CT molecular complexity index is 507. The van der Waals surface area contributed by atoms with Crippen LogP contribution in [0.25, 0.3) is 0 Å². The summed E-state index contributed by atoms with van der Waals surface area (Å²) in [6, 6.07) is 7.51. The molecule has 0 aliphatic heterocycles. The van der Waals surface area contributed by atoms with Crippen molar-refractivity contribution >= 4 is 17.6 Å². The van der Waals surface area contributed by atoms with Gasteiger partial charge in [0, 0.05) is 18.7 Å². The summed E-state index contributed by atoms with van der Waals surface area (Å²) < 4.78 is 0. The van der Waals surface area contributed by atoms with Crippen molar-refractivity contribution in [2.75, 3.05) is 12.3 Å². The second-order valence-corrected chi connectivity index (χ2v) is 5.66. The number of hydrogen-bond donors (Lipinski definition) is 3. The van der Waals surface area contributed by atoms with Crippen LogP contribution in [-0.2, 0) is 15.0 Å². The maximum absolute atomic E-state index is 12.3. The molecule has 114 valence electrons. The molecular weight excluding hydrogens is 268 g/mol. The molecule has 1 aromatic rings. The Morgan fingerprint density at radius 1 is 1.14 bits per heavy atom. The molecule has 2 rings (SSSR count). The van der Waals surface area contributed by atoms with Crippen molar-refractivity contribution < 1.29 is 14.7 Å². The zero-order valence-electron chi connectivity index (χ0n) is 12.1. The van der Waals surface area contributed by atoms with Gasteiger partial charge in [-0.05, 0) is 43.4 Å². The highest BCUT2D eigenvalue weighted by molar-refractivity contribution is 5.91. The predicted octanol–water partition coefficient (Wildman–Crippen LogP) is 2.06. The maximum Gasteiger partial charge on any atom is 0.303 e. The van der Waals surface area contributed by atoms with Crippen LogP contribution in [0.1, 0.15) is 44.1 Å². The molecule has 1 saturated carbocycles. The first-order chi connectivity index (χ1) is 10.0. The van der Waals surface area contributed by atoms with E-state index in [2.05, 4.69) is 5.32 Å². The van der Waals surface area contributed by atoms with Gasteiger partial charge in [-0.1, -0.05) is 18.6 Å². The van der Waals surface area contributed by atoms with Crippen molar-refractivity contribution in [1.29, 1.82) is 0 Å². The smallest absolute Gasteiger partial charge is 0.303 e. The molecule has 0 spiro atoms. The number of aliphatic carboxylic acids is 1. The third-order valence-corrected chi connectivity index (χ3v) is 4.00. The number of carboxylic acids is 1. The molecule has 5 heteroatoms. The van der Waals surface area contributed by atoms with Gasteiger partial charge in [-0.25, -0.2) is 0 Å². The van der Waals surface area contributed by atoms with Gasteiger partial charge in [0.05, 0.1) is 5.41 Å². The lowest BCUT2D eigenvalue weighted by Gasteiger charge is -2.16. The number of nitrogens with two attached hydrogens (primary N) is 1. The van der Waals surface area contributed by atoms with Gasteiger partial charge in [0.2, 0.25) is 5.91 Å². The third kappa shape index (κ3) is 3.97. The van der Waals surface area contributed by atoms with Crippen LogP contribution in [0.15, 0.2) is 24.3 Å². The molecular formula is C16H22N2O3. The molecule has 21 heavy (non-hydrogen) atoms. The SMILES string of the molecule is Nc1ccc(C2(C(=O)NCCCCCC(=O)O)CC2)cc1. The van der Waals surface area contributed by atoms with E-state index in [9.17, 15) is 9.59 Å². The minimum Gasteiger partial charge on any atom is -0.481 e. The largest absolute Gasteiger partial charge is 0.481 e. The van der Waals surface area contributed by atoms with E-state index in [4.69, 9.17) is 10.8 Å². The fraction of sp³-hybridized carbons (Fsp3) is 0.500. The first-order valence-corrected chi connectivity index (χ1v) is 7.41. The van der Waals surface area contributed by atoms with Crippen LogP contribution < -0.4 is 11.1 Å². The number of unbranched alkanes of at least 4 members (excludes halogenated alkanes) is 2. The number of anilines is 1. The van der Waals surface area contributed by atoms with E-state index in [0.29, 0.717) is 18.7 Å². The minimum atomic E-state index is -0.765. The first kappa shape index (κ1) is 15.4. The molecule has 0 saturated heterocycles. The van der Waals surface area contributed by atoms with E-state index in [0.717, 1.165) is 31.2 Å². The normalized spacial score (nSPS) is 15.4. The van der Waals surface area contributed by atoms with Crippen molar-refractivity contribution in [3.8, 4) is 0 Å². The van der Waals surface area contributed by atoms with Crippen LogP contribution in [0.5, 0.6) is 0 Å². The second-order valence-electron chi connectivity index (χ2n) is 5.66. The number of benzene rings is 1. The van der Waals surface area contributed by atoms with Crippen molar-refractivity contribution in [1.82, 2.24) is 5.32 Å². The molecule has 0 aromatic heterocycles. The Labute approximate surface area is 124 Å².